The van der Waals surface area contributed by atoms with Crippen LogP contribution in [0.15, 0.2) is 0 Å². The fraction of sp³-hybridized carbons (Fsp3) is 0.923. The van der Waals surface area contributed by atoms with Gasteiger partial charge in [0, 0.05) is 39.7 Å². The maximum Gasteiger partial charge on any atom is 0.222 e. The minimum absolute atomic E-state index is 0.140. The molecule has 1 amide bonds. The summed E-state index contributed by atoms with van der Waals surface area (Å²) in [5.41, 5.74) is 0. The average Bonchev–Trinajstić information content (AvgIpc) is 2.45. The van der Waals surface area contributed by atoms with E-state index in [2.05, 4.69) is 4.90 Å². The molecule has 0 aromatic heterocycles. The van der Waals surface area contributed by atoms with Crippen molar-refractivity contribution < 1.29 is 19.4 Å². The maximum absolute atomic E-state index is 11.9. The summed E-state index contributed by atoms with van der Waals surface area (Å²) < 4.78 is 10.3. The molecule has 0 saturated carbocycles. The van der Waals surface area contributed by atoms with Gasteiger partial charge in [-0.3, -0.25) is 9.69 Å². The van der Waals surface area contributed by atoms with E-state index in [9.17, 15) is 4.79 Å². The van der Waals surface area contributed by atoms with E-state index in [4.69, 9.17) is 14.6 Å². The number of morpholine rings is 1. The number of hydrogen-bond acceptors (Lipinski definition) is 5. The highest BCUT2D eigenvalue weighted by atomic mass is 16.5. The SMILES string of the molecule is COCCN(CCO)CCCC(=O)N1CCOCC1. The largest absolute Gasteiger partial charge is 0.395 e. The molecule has 0 spiro atoms. The van der Waals surface area contributed by atoms with Crippen molar-refractivity contribution in [1.82, 2.24) is 9.80 Å². The molecular weight excluding hydrogens is 248 g/mol. The van der Waals surface area contributed by atoms with E-state index in [1.165, 1.54) is 0 Å². The van der Waals surface area contributed by atoms with Crippen molar-refractivity contribution in [2.24, 2.45) is 0 Å². The standard InChI is InChI=1S/C13H26N2O4/c1-18-10-6-14(5-9-16)4-2-3-13(17)15-7-11-19-12-8-15/h16H,2-12H2,1H3. The van der Waals surface area contributed by atoms with Crippen LogP contribution in [0, 0.1) is 0 Å². The molecule has 0 atom stereocenters. The van der Waals surface area contributed by atoms with Gasteiger partial charge in [0.1, 0.15) is 0 Å². The Bertz CT molecular complexity index is 245. The van der Waals surface area contributed by atoms with Crippen LogP contribution in [0.3, 0.4) is 0 Å². The maximum atomic E-state index is 11.9. The molecule has 1 aliphatic rings. The molecule has 1 saturated heterocycles. The van der Waals surface area contributed by atoms with Crippen LogP contribution in [-0.2, 0) is 14.3 Å². The predicted octanol–water partition coefficient (Wildman–Crippen LogP) is -0.434. The topological polar surface area (TPSA) is 62.2 Å². The number of carbonyl (C=O) groups is 1. The number of aliphatic hydroxyl groups is 1. The smallest absolute Gasteiger partial charge is 0.222 e. The van der Waals surface area contributed by atoms with Crippen molar-refractivity contribution in [3.05, 3.63) is 0 Å². The van der Waals surface area contributed by atoms with Gasteiger partial charge in [0.15, 0.2) is 0 Å². The number of carbonyl (C=O) groups excluding carboxylic acids is 1. The summed E-state index contributed by atoms with van der Waals surface area (Å²) >= 11 is 0. The van der Waals surface area contributed by atoms with Crippen molar-refractivity contribution in [3.8, 4) is 0 Å². The number of ether oxygens (including phenoxy) is 2. The Kier molecular flexibility index (Phi) is 8.73. The second-order valence-corrected chi connectivity index (χ2v) is 4.65. The summed E-state index contributed by atoms with van der Waals surface area (Å²) in [5, 5.41) is 8.98. The van der Waals surface area contributed by atoms with Crippen LogP contribution < -0.4 is 0 Å². The third-order valence-corrected chi connectivity index (χ3v) is 3.26. The number of rotatable bonds is 9. The van der Waals surface area contributed by atoms with Gasteiger partial charge < -0.3 is 19.5 Å². The molecule has 0 aliphatic carbocycles. The monoisotopic (exact) mass is 274 g/mol. The molecule has 6 nitrogen and oxygen atoms in total. The van der Waals surface area contributed by atoms with Gasteiger partial charge in [-0.15, -0.1) is 0 Å². The summed E-state index contributed by atoms with van der Waals surface area (Å²) in [6.45, 7) is 5.76. The Hall–Kier alpha value is -0.690. The van der Waals surface area contributed by atoms with Crippen molar-refractivity contribution >= 4 is 5.91 Å². The van der Waals surface area contributed by atoms with Crippen LogP contribution in [0.5, 0.6) is 0 Å². The number of hydrogen-bond donors (Lipinski definition) is 1. The van der Waals surface area contributed by atoms with Gasteiger partial charge in [0.05, 0.1) is 26.4 Å². The Balaban J connectivity index is 2.16. The zero-order valence-corrected chi connectivity index (χ0v) is 11.8. The van der Waals surface area contributed by atoms with E-state index in [1.54, 1.807) is 7.11 Å². The molecule has 6 heteroatoms. The summed E-state index contributed by atoms with van der Waals surface area (Å²) in [6, 6.07) is 0. The van der Waals surface area contributed by atoms with Crippen LogP contribution in [-0.4, -0.2) is 87.1 Å². The fourth-order valence-electron chi connectivity index (χ4n) is 2.12. The van der Waals surface area contributed by atoms with Crippen molar-refractivity contribution in [1.29, 1.82) is 0 Å². The van der Waals surface area contributed by atoms with E-state index in [-0.39, 0.29) is 12.5 Å². The molecular formula is C13H26N2O4. The molecule has 0 radical (unpaired) electrons. The number of aliphatic hydroxyl groups excluding tert-OH is 1. The highest BCUT2D eigenvalue weighted by molar-refractivity contribution is 5.76. The Morgan fingerprint density at radius 1 is 1.32 bits per heavy atom. The zero-order chi connectivity index (χ0) is 13.9. The number of nitrogens with zero attached hydrogens (tertiary/aromatic N) is 2. The molecule has 19 heavy (non-hydrogen) atoms. The third kappa shape index (κ3) is 6.87. The summed E-state index contributed by atoms with van der Waals surface area (Å²) in [7, 11) is 1.67. The molecule has 0 aromatic carbocycles. The minimum Gasteiger partial charge on any atom is -0.395 e. The van der Waals surface area contributed by atoms with Gasteiger partial charge in [0.2, 0.25) is 5.91 Å². The molecule has 1 heterocycles. The van der Waals surface area contributed by atoms with Gasteiger partial charge in [0.25, 0.3) is 0 Å². The van der Waals surface area contributed by atoms with Crippen LogP contribution in [0.25, 0.3) is 0 Å². The zero-order valence-electron chi connectivity index (χ0n) is 11.8. The highest BCUT2D eigenvalue weighted by Crippen LogP contribution is 2.03. The third-order valence-electron chi connectivity index (χ3n) is 3.26. The van der Waals surface area contributed by atoms with Gasteiger partial charge in [-0.05, 0) is 13.0 Å². The van der Waals surface area contributed by atoms with Crippen LogP contribution in [0.4, 0.5) is 0 Å². The highest BCUT2D eigenvalue weighted by Gasteiger charge is 2.16. The molecule has 112 valence electrons. The second-order valence-electron chi connectivity index (χ2n) is 4.65. The van der Waals surface area contributed by atoms with Gasteiger partial charge in [-0.1, -0.05) is 0 Å². The number of amides is 1. The number of methoxy groups -OCH3 is 1. The molecule has 0 unspecified atom stereocenters. The quantitative estimate of drug-likeness (QED) is 0.618. The first-order valence-corrected chi connectivity index (χ1v) is 6.95. The van der Waals surface area contributed by atoms with Crippen molar-refractivity contribution in [2.75, 3.05) is 66.3 Å². The van der Waals surface area contributed by atoms with E-state index < -0.39 is 0 Å². The first-order valence-electron chi connectivity index (χ1n) is 6.95. The van der Waals surface area contributed by atoms with Crippen LogP contribution >= 0.6 is 0 Å². The molecule has 0 bridgehead atoms. The minimum atomic E-state index is 0.140. The first kappa shape index (κ1) is 16.4. The van der Waals surface area contributed by atoms with E-state index in [0.29, 0.717) is 45.9 Å². The average molecular weight is 274 g/mol. The fourth-order valence-corrected chi connectivity index (χ4v) is 2.12. The summed E-state index contributed by atoms with van der Waals surface area (Å²) in [4.78, 5) is 15.9. The van der Waals surface area contributed by atoms with Crippen molar-refractivity contribution in [3.63, 3.8) is 0 Å². The van der Waals surface area contributed by atoms with Crippen molar-refractivity contribution in [2.45, 2.75) is 12.8 Å². The lowest BCUT2D eigenvalue weighted by molar-refractivity contribution is -0.135. The first-order chi connectivity index (χ1) is 9.27. The predicted molar refractivity (Wildman–Crippen MR) is 72.0 cm³/mol. The lowest BCUT2D eigenvalue weighted by Gasteiger charge is -2.27. The lowest BCUT2D eigenvalue weighted by Crippen LogP contribution is -2.41. The molecule has 0 aromatic rings. The summed E-state index contributed by atoms with van der Waals surface area (Å²) in [6.07, 6.45) is 1.38. The van der Waals surface area contributed by atoms with E-state index in [1.807, 2.05) is 4.90 Å². The summed E-state index contributed by atoms with van der Waals surface area (Å²) in [5.74, 6) is 0.207. The Morgan fingerprint density at radius 3 is 2.68 bits per heavy atom. The Labute approximate surface area is 115 Å². The normalized spacial score (nSPS) is 16.1. The molecule has 1 aliphatic heterocycles. The Morgan fingerprint density at radius 2 is 2.05 bits per heavy atom. The van der Waals surface area contributed by atoms with Gasteiger partial charge in [-0.2, -0.15) is 0 Å². The molecule has 1 rings (SSSR count). The second kappa shape index (κ2) is 10.1. The van der Waals surface area contributed by atoms with E-state index >= 15 is 0 Å². The van der Waals surface area contributed by atoms with Crippen LogP contribution in [0.1, 0.15) is 12.8 Å². The van der Waals surface area contributed by atoms with Crippen LogP contribution in [0.2, 0.25) is 0 Å². The van der Waals surface area contributed by atoms with E-state index in [0.717, 1.165) is 19.5 Å². The molecule has 1 N–H and O–H groups in total. The molecule has 1 fully saturated rings. The van der Waals surface area contributed by atoms with Gasteiger partial charge in [-0.25, -0.2) is 0 Å². The van der Waals surface area contributed by atoms with Gasteiger partial charge >= 0.3 is 0 Å². The lowest BCUT2D eigenvalue weighted by atomic mass is 10.2.